The van der Waals surface area contributed by atoms with Crippen LogP contribution in [0, 0.1) is 0 Å². The molecule has 0 fully saturated rings. The Bertz CT molecular complexity index is 603. The van der Waals surface area contributed by atoms with Crippen molar-refractivity contribution in [2.75, 3.05) is 0 Å². The molecule has 0 aliphatic heterocycles. The maximum atomic E-state index is 11.4. The van der Waals surface area contributed by atoms with Gasteiger partial charge in [0.05, 0.1) is 0 Å². The van der Waals surface area contributed by atoms with Gasteiger partial charge in [-0.1, -0.05) is 41.9 Å². The lowest BCUT2D eigenvalue weighted by Gasteiger charge is -2.03. The van der Waals surface area contributed by atoms with Crippen LogP contribution in [-0.2, 0) is 4.79 Å². The van der Waals surface area contributed by atoms with E-state index in [9.17, 15) is 9.59 Å². The average molecular weight is 261 g/mol. The number of aliphatic carboxylic acids is 1. The Balaban J connectivity index is 2.41. The number of hydrogen-bond donors (Lipinski definition) is 1. The molecule has 90 valence electrons. The molecule has 0 saturated heterocycles. The van der Waals surface area contributed by atoms with E-state index in [-0.39, 0.29) is 5.56 Å². The smallest absolute Gasteiger partial charge is 0.377 e. The Morgan fingerprint density at radius 1 is 0.944 bits per heavy atom. The van der Waals surface area contributed by atoms with E-state index in [0.29, 0.717) is 5.02 Å². The van der Waals surface area contributed by atoms with Gasteiger partial charge in [0.15, 0.2) is 0 Å². The van der Waals surface area contributed by atoms with Gasteiger partial charge in [-0.2, -0.15) is 0 Å². The van der Waals surface area contributed by atoms with Crippen molar-refractivity contribution in [1.29, 1.82) is 0 Å². The van der Waals surface area contributed by atoms with Crippen molar-refractivity contribution in [2.45, 2.75) is 0 Å². The van der Waals surface area contributed by atoms with Crippen LogP contribution in [0.25, 0.3) is 11.1 Å². The van der Waals surface area contributed by atoms with E-state index >= 15 is 0 Å². The first kappa shape index (κ1) is 12.3. The molecule has 4 heteroatoms. The van der Waals surface area contributed by atoms with Gasteiger partial charge in [-0.05, 0) is 29.3 Å². The molecule has 0 aliphatic rings. The van der Waals surface area contributed by atoms with Gasteiger partial charge in [-0.25, -0.2) is 4.79 Å². The Morgan fingerprint density at radius 3 is 2.22 bits per heavy atom. The molecule has 2 aromatic carbocycles. The molecule has 2 aromatic rings. The van der Waals surface area contributed by atoms with Gasteiger partial charge in [0.2, 0.25) is 0 Å². The second-order valence-electron chi connectivity index (χ2n) is 3.72. The summed E-state index contributed by atoms with van der Waals surface area (Å²) in [6.45, 7) is 0. The highest BCUT2D eigenvalue weighted by atomic mass is 35.5. The maximum Gasteiger partial charge on any atom is 0.377 e. The summed E-state index contributed by atoms with van der Waals surface area (Å²) in [7, 11) is 0. The lowest BCUT2D eigenvalue weighted by Crippen LogP contribution is -2.12. The van der Waals surface area contributed by atoms with E-state index in [1.165, 1.54) is 6.07 Å². The van der Waals surface area contributed by atoms with E-state index in [1.54, 1.807) is 24.3 Å². The fourth-order valence-corrected chi connectivity index (χ4v) is 1.73. The molecule has 0 atom stereocenters. The Hall–Kier alpha value is -2.13. The summed E-state index contributed by atoms with van der Waals surface area (Å²) in [5.74, 6) is -2.37. The number of carbonyl (C=O) groups excluding carboxylic acids is 1. The monoisotopic (exact) mass is 260 g/mol. The van der Waals surface area contributed by atoms with Crippen LogP contribution in [0.4, 0.5) is 0 Å². The highest BCUT2D eigenvalue weighted by molar-refractivity contribution is 6.40. The third-order valence-corrected chi connectivity index (χ3v) is 2.75. The summed E-state index contributed by atoms with van der Waals surface area (Å²) in [5, 5.41) is 9.29. The van der Waals surface area contributed by atoms with Crippen LogP contribution in [0.15, 0.2) is 48.5 Å². The molecule has 0 bridgehead atoms. The molecule has 1 N–H and O–H groups in total. The summed E-state index contributed by atoms with van der Waals surface area (Å²) in [4.78, 5) is 22.0. The van der Waals surface area contributed by atoms with Crippen LogP contribution in [0.2, 0.25) is 5.02 Å². The third kappa shape index (κ3) is 2.57. The maximum absolute atomic E-state index is 11.4. The van der Waals surface area contributed by atoms with Gasteiger partial charge in [0.1, 0.15) is 0 Å². The van der Waals surface area contributed by atoms with E-state index in [0.717, 1.165) is 11.1 Å². The second-order valence-corrected chi connectivity index (χ2v) is 4.16. The summed E-state index contributed by atoms with van der Waals surface area (Å²) in [5.41, 5.74) is 1.81. The number of carboxylic acid groups (broad SMARTS) is 1. The Labute approximate surface area is 109 Å². The quantitative estimate of drug-likeness (QED) is 0.681. The van der Waals surface area contributed by atoms with Crippen molar-refractivity contribution in [3.8, 4) is 11.1 Å². The minimum atomic E-state index is -1.46. The van der Waals surface area contributed by atoms with E-state index in [2.05, 4.69) is 0 Å². The molecule has 0 amide bonds. The highest BCUT2D eigenvalue weighted by Crippen LogP contribution is 2.22. The summed E-state index contributed by atoms with van der Waals surface area (Å²) in [6, 6.07) is 13.6. The molecule has 0 radical (unpaired) electrons. The van der Waals surface area contributed by atoms with Crippen molar-refractivity contribution in [1.82, 2.24) is 0 Å². The van der Waals surface area contributed by atoms with Gasteiger partial charge < -0.3 is 5.11 Å². The van der Waals surface area contributed by atoms with Crippen molar-refractivity contribution in [3.63, 3.8) is 0 Å². The molecule has 0 saturated carbocycles. The van der Waals surface area contributed by atoms with Crippen LogP contribution in [0.3, 0.4) is 0 Å². The van der Waals surface area contributed by atoms with Crippen LogP contribution in [0.5, 0.6) is 0 Å². The van der Waals surface area contributed by atoms with Crippen LogP contribution in [0.1, 0.15) is 10.4 Å². The molecule has 0 heterocycles. The van der Waals surface area contributed by atoms with Crippen LogP contribution < -0.4 is 0 Å². The number of hydrogen-bond acceptors (Lipinski definition) is 2. The van der Waals surface area contributed by atoms with Gasteiger partial charge >= 0.3 is 5.97 Å². The molecular weight excluding hydrogens is 252 g/mol. The number of carbonyl (C=O) groups is 2. The van der Waals surface area contributed by atoms with E-state index < -0.39 is 11.8 Å². The van der Waals surface area contributed by atoms with Crippen molar-refractivity contribution in [2.24, 2.45) is 0 Å². The summed E-state index contributed by atoms with van der Waals surface area (Å²) < 4.78 is 0. The lowest BCUT2D eigenvalue weighted by atomic mass is 10.0. The molecule has 18 heavy (non-hydrogen) atoms. The van der Waals surface area contributed by atoms with Gasteiger partial charge in [0.25, 0.3) is 5.78 Å². The van der Waals surface area contributed by atoms with Crippen LogP contribution >= 0.6 is 11.6 Å². The lowest BCUT2D eigenvalue weighted by molar-refractivity contribution is -0.131. The van der Waals surface area contributed by atoms with E-state index in [4.69, 9.17) is 16.7 Å². The van der Waals surface area contributed by atoms with Crippen molar-refractivity contribution in [3.05, 3.63) is 59.1 Å². The number of carboxylic acids is 1. The fraction of sp³-hybridized carbons (Fsp3) is 0. The second kappa shape index (κ2) is 5.02. The van der Waals surface area contributed by atoms with E-state index in [1.807, 2.05) is 18.2 Å². The minimum Gasteiger partial charge on any atom is -0.475 e. The highest BCUT2D eigenvalue weighted by Gasteiger charge is 2.14. The van der Waals surface area contributed by atoms with Crippen molar-refractivity contribution >= 4 is 23.4 Å². The molecule has 0 aliphatic carbocycles. The molecule has 2 rings (SSSR count). The SMILES string of the molecule is O=C(O)C(=O)c1cccc(-c2ccc(Cl)cc2)c1. The predicted molar refractivity (Wildman–Crippen MR) is 68.9 cm³/mol. The number of benzene rings is 2. The van der Waals surface area contributed by atoms with Gasteiger partial charge in [-0.15, -0.1) is 0 Å². The topological polar surface area (TPSA) is 54.4 Å². The summed E-state index contributed by atoms with van der Waals surface area (Å²) >= 11 is 5.79. The van der Waals surface area contributed by atoms with Gasteiger partial charge in [0, 0.05) is 10.6 Å². The molecule has 3 nitrogen and oxygen atoms in total. The molecule has 0 spiro atoms. The zero-order chi connectivity index (χ0) is 13.1. The minimum absolute atomic E-state index is 0.162. The van der Waals surface area contributed by atoms with Gasteiger partial charge in [-0.3, -0.25) is 4.79 Å². The standard InChI is InChI=1S/C14H9ClO3/c15-12-6-4-9(5-7-12)10-2-1-3-11(8-10)13(16)14(17)18/h1-8H,(H,17,18). The zero-order valence-electron chi connectivity index (χ0n) is 9.26. The van der Waals surface area contributed by atoms with Crippen molar-refractivity contribution < 1.29 is 14.7 Å². The number of Topliss-reactive ketones (excluding diaryl/α,β-unsaturated/α-hetero) is 1. The first-order valence-electron chi connectivity index (χ1n) is 5.21. The first-order valence-corrected chi connectivity index (χ1v) is 5.59. The van der Waals surface area contributed by atoms with Crippen LogP contribution in [-0.4, -0.2) is 16.9 Å². The Morgan fingerprint density at radius 2 is 1.61 bits per heavy atom. The molecular formula is C14H9ClO3. The molecule has 0 aromatic heterocycles. The zero-order valence-corrected chi connectivity index (χ0v) is 10.0. The number of rotatable bonds is 3. The first-order chi connectivity index (χ1) is 8.58. The predicted octanol–water partition coefficient (Wildman–Crippen LogP) is 3.27. The normalized spacial score (nSPS) is 10.1. The third-order valence-electron chi connectivity index (χ3n) is 2.50. The largest absolute Gasteiger partial charge is 0.475 e. The number of ketones is 1. The Kier molecular flexibility index (Phi) is 3.44. The molecule has 0 unspecified atom stereocenters. The number of halogens is 1. The summed E-state index contributed by atoms with van der Waals surface area (Å²) in [6.07, 6.45) is 0. The average Bonchev–Trinajstić information content (AvgIpc) is 2.38. The fourth-order valence-electron chi connectivity index (χ4n) is 1.61.